The smallest absolute Gasteiger partial charge is 0.423 e. The summed E-state index contributed by atoms with van der Waals surface area (Å²) in [5.41, 5.74) is -0.176. The lowest BCUT2D eigenvalue weighted by Crippen LogP contribution is -2.40. The molecule has 2 aromatic rings. The number of anilines is 1. The zero-order valence-electron chi connectivity index (χ0n) is 12.3. The van der Waals surface area contributed by atoms with Gasteiger partial charge in [0.15, 0.2) is 5.76 Å². The van der Waals surface area contributed by atoms with Crippen LogP contribution < -0.4 is 9.77 Å². The highest BCUT2D eigenvalue weighted by atomic mass is 35.5. The van der Waals surface area contributed by atoms with Crippen LogP contribution in [0.15, 0.2) is 33.7 Å². The summed E-state index contributed by atoms with van der Waals surface area (Å²) in [6.45, 7) is 1.14. The SMILES string of the molecule is COCN(c1noc(C)c1Cl)S(=O)(=O)c1ccccc1B(O)O. The van der Waals surface area contributed by atoms with Crippen LogP contribution in [0.2, 0.25) is 5.02 Å². The number of sulfonamides is 1. The lowest BCUT2D eigenvalue weighted by molar-refractivity contribution is 0.208. The van der Waals surface area contributed by atoms with E-state index in [0.717, 1.165) is 4.31 Å². The molecule has 0 saturated carbocycles. The first-order valence-corrected chi connectivity index (χ1v) is 8.21. The van der Waals surface area contributed by atoms with Crippen molar-refractivity contribution in [1.82, 2.24) is 5.16 Å². The lowest BCUT2D eigenvalue weighted by Gasteiger charge is -2.22. The van der Waals surface area contributed by atoms with Crippen molar-refractivity contribution in [2.45, 2.75) is 11.8 Å². The number of benzene rings is 1. The summed E-state index contributed by atoms with van der Waals surface area (Å²) in [5, 5.41) is 22.4. The molecule has 0 bridgehead atoms. The number of ether oxygens (including phenoxy) is 1. The van der Waals surface area contributed by atoms with Crippen LogP contribution in [0.3, 0.4) is 0 Å². The highest BCUT2D eigenvalue weighted by molar-refractivity contribution is 7.93. The maximum absolute atomic E-state index is 12.9. The second kappa shape index (κ2) is 6.89. The molecule has 0 unspecified atom stereocenters. The number of methoxy groups -OCH3 is 1. The summed E-state index contributed by atoms with van der Waals surface area (Å²) in [6, 6.07) is 5.48. The molecule has 0 amide bonds. The van der Waals surface area contributed by atoms with E-state index in [0.29, 0.717) is 0 Å². The second-order valence-corrected chi connectivity index (χ2v) is 6.77. The first kappa shape index (κ1) is 17.8. The van der Waals surface area contributed by atoms with Crippen LogP contribution in [0.25, 0.3) is 0 Å². The van der Waals surface area contributed by atoms with E-state index in [2.05, 4.69) is 5.16 Å². The summed E-state index contributed by atoms with van der Waals surface area (Å²) in [4.78, 5) is -0.302. The maximum atomic E-state index is 12.9. The molecule has 0 saturated heterocycles. The Labute approximate surface area is 138 Å². The highest BCUT2D eigenvalue weighted by Gasteiger charge is 2.33. The van der Waals surface area contributed by atoms with Gasteiger partial charge < -0.3 is 19.3 Å². The molecule has 0 aliphatic rings. The number of halogens is 1. The van der Waals surface area contributed by atoms with E-state index < -0.39 is 17.1 Å². The Morgan fingerprint density at radius 2 is 2.04 bits per heavy atom. The zero-order valence-corrected chi connectivity index (χ0v) is 13.9. The molecule has 0 atom stereocenters. The van der Waals surface area contributed by atoms with E-state index in [1.807, 2.05) is 0 Å². The fourth-order valence-corrected chi connectivity index (χ4v) is 3.69. The Morgan fingerprint density at radius 3 is 2.57 bits per heavy atom. The van der Waals surface area contributed by atoms with Gasteiger partial charge in [-0.1, -0.05) is 35.0 Å². The van der Waals surface area contributed by atoms with Crippen LogP contribution in [0.1, 0.15) is 5.76 Å². The summed E-state index contributed by atoms with van der Waals surface area (Å²) in [7, 11) is -4.88. The quantitative estimate of drug-likeness (QED) is 0.555. The number of hydrogen-bond acceptors (Lipinski definition) is 7. The Hall–Kier alpha value is -1.59. The summed E-state index contributed by atoms with van der Waals surface area (Å²) >= 11 is 6.02. The fraction of sp³-hybridized carbons (Fsp3) is 0.250. The summed E-state index contributed by atoms with van der Waals surface area (Å²) in [6.07, 6.45) is 0. The van der Waals surface area contributed by atoms with E-state index in [9.17, 15) is 18.5 Å². The first-order chi connectivity index (χ1) is 10.8. The standard InChI is InChI=1S/C12H14BClN2O6S/c1-8-11(14)12(15-22-8)16(7-21-2)23(19,20)10-6-4-3-5-9(10)13(17)18/h3-6,17-18H,7H2,1-2H3. The van der Waals surface area contributed by atoms with Crippen molar-refractivity contribution in [3.05, 3.63) is 35.0 Å². The van der Waals surface area contributed by atoms with E-state index in [-0.39, 0.29) is 33.7 Å². The van der Waals surface area contributed by atoms with Gasteiger partial charge in [0.05, 0.1) is 4.90 Å². The first-order valence-electron chi connectivity index (χ1n) is 6.39. The van der Waals surface area contributed by atoms with Crippen molar-refractivity contribution in [3.8, 4) is 0 Å². The van der Waals surface area contributed by atoms with Gasteiger partial charge in [-0.2, -0.15) is 0 Å². The number of nitrogens with zero attached hydrogens (tertiary/aromatic N) is 2. The molecule has 0 radical (unpaired) electrons. The van der Waals surface area contributed by atoms with Gasteiger partial charge in [-0.25, -0.2) is 12.7 Å². The molecule has 1 aromatic heterocycles. The third-order valence-corrected chi connectivity index (χ3v) is 5.24. The lowest BCUT2D eigenvalue weighted by atomic mass is 9.80. The molecule has 0 fully saturated rings. The van der Waals surface area contributed by atoms with Gasteiger partial charge >= 0.3 is 7.12 Å². The molecular formula is C12H14BClN2O6S. The largest absolute Gasteiger partial charge is 0.489 e. The molecule has 0 aliphatic carbocycles. The van der Waals surface area contributed by atoms with Gasteiger partial charge in [0.2, 0.25) is 5.82 Å². The molecule has 11 heteroatoms. The van der Waals surface area contributed by atoms with Gasteiger partial charge in [-0.3, -0.25) is 0 Å². The monoisotopic (exact) mass is 360 g/mol. The van der Waals surface area contributed by atoms with Crippen LogP contribution in [-0.2, 0) is 14.8 Å². The molecule has 2 N–H and O–H groups in total. The van der Waals surface area contributed by atoms with Crippen molar-refractivity contribution in [2.24, 2.45) is 0 Å². The Morgan fingerprint density at radius 1 is 1.39 bits per heavy atom. The molecule has 2 rings (SSSR count). The number of rotatable bonds is 6. The van der Waals surface area contributed by atoms with Gasteiger partial charge in [-0.15, -0.1) is 0 Å². The number of hydrogen-bond donors (Lipinski definition) is 2. The Bertz CT molecular complexity index is 795. The minimum atomic E-state index is -4.22. The molecule has 1 aromatic carbocycles. The maximum Gasteiger partial charge on any atom is 0.489 e. The van der Waals surface area contributed by atoms with Crippen LogP contribution in [0.4, 0.5) is 5.82 Å². The Balaban J connectivity index is 2.61. The summed E-state index contributed by atoms with van der Waals surface area (Å²) < 4.78 is 36.4. The molecule has 23 heavy (non-hydrogen) atoms. The fourth-order valence-electron chi connectivity index (χ4n) is 1.91. The third-order valence-electron chi connectivity index (χ3n) is 3.02. The van der Waals surface area contributed by atoms with Crippen molar-refractivity contribution in [1.29, 1.82) is 0 Å². The van der Waals surface area contributed by atoms with Crippen molar-refractivity contribution < 1.29 is 27.7 Å². The van der Waals surface area contributed by atoms with Crippen LogP contribution in [-0.4, -0.2) is 44.6 Å². The molecule has 0 aliphatic heterocycles. The number of aromatic nitrogens is 1. The second-order valence-electron chi connectivity index (χ2n) is 4.56. The van der Waals surface area contributed by atoms with E-state index in [1.165, 1.54) is 38.3 Å². The van der Waals surface area contributed by atoms with Crippen LogP contribution in [0, 0.1) is 6.92 Å². The van der Waals surface area contributed by atoms with Crippen molar-refractivity contribution >= 4 is 40.0 Å². The predicted octanol–water partition coefficient (Wildman–Crippen LogP) is 0.115. The minimum Gasteiger partial charge on any atom is -0.423 e. The van der Waals surface area contributed by atoms with Gasteiger partial charge in [-0.05, 0) is 13.0 Å². The third kappa shape index (κ3) is 3.36. The van der Waals surface area contributed by atoms with E-state index in [4.69, 9.17) is 20.9 Å². The molecule has 1 heterocycles. The van der Waals surface area contributed by atoms with Crippen LogP contribution >= 0.6 is 11.6 Å². The molecule has 0 spiro atoms. The average Bonchev–Trinajstić information content (AvgIpc) is 2.84. The van der Waals surface area contributed by atoms with Gasteiger partial charge in [0.25, 0.3) is 10.0 Å². The number of aryl methyl sites for hydroxylation is 1. The topological polar surface area (TPSA) is 113 Å². The normalized spacial score (nSPS) is 11.5. The van der Waals surface area contributed by atoms with Crippen molar-refractivity contribution in [3.63, 3.8) is 0 Å². The summed E-state index contributed by atoms with van der Waals surface area (Å²) in [5.74, 6) is 0.0988. The average molecular weight is 361 g/mol. The minimum absolute atomic E-state index is 0.0210. The van der Waals surface area contributed by atoms with E-state index >= 15 is 0 Å². The zero-order chi connectivity index (χ0) is 17.2. The molecule has 124 valence electrons. The van der Waals surface area contributed by atoms with Gasteiger partial charge in [0.1, 0.15) is 11.8 Å². The molecular weight excluding hydrogens is 346 g/mol. The highest BCUT2D eigenvalue weighted by Crippen LogP contribution is 2.31. The van der Waals surface area contributed by atoms with E-state index in [1.54, 1.807) is 0 Å². The van der Waals surface area contributed by atoms with Gasteiger partial charge in [0, 0.05) is 12.6 Å². The Kier molecular flexibility index (Phi) is 5.32. The predicted molar refractivity (Wildman–Crippen MR) is 84.1 cm³/mol. The molecule has 8 nitrogen and oxygen atoms in total. The van der Waals surface area contributed by atoms with Crippen molar-refractivity contribution in [2.75, 3.05) is 18.1 Å². The van der Waals surface area contributed by atoms with Crippen LogP contribution in [0.5, 0.6) is 0 Å².